The molecule has 0 bridgehead atoms. The third-order valence-electron chi connectivity index (χ3n) is 4.41. The highest BCUT2D eigenvalue weighted by Crippen LogP contribution is 2.38. The van der Waals surface area contributed by atoms with Gasteiger partial charge in [-0.1, -0.05) is 18.7 Å². The minimum absolute atomic E-state index is 0.0108. The maximum atomic E-state index is 12.5. The van der Waals surface area contributed by atoms with Crippen LogP contribution in [-0.2, 0) is 28.4 Å². The van der Waals surface area contributed by atoms with Crippen LogP contribution in [0.3, 0.4) is 0 Å². The first-order chi connectivity index (χ1) is 12.6. The second-order valence-electron chi connectivity index (χ2n) is 6.63. The molecular formula is C17H24NO8P. The number of fused-ring (bicyclic) bond motifs is 1. The molecule has 9 nitrogen and oxygen atoms in total. The van der Waals surface area contributed by atoms with E-state index < -0.39 is 31.5 Å². The van der Waals surface area contributed by atoms with E-state index in [1.807, 2.05) is 0 Å². The number of nitrogens with zero attached hydrogens (tertiary/aromatic N) is 1. The van der Waals surface area contributed by atoms with Gasteiger partial charge in [-0.15, -0.1) is 0 Å². The Kier molecular flexibility index (Phi) is 7.11. The van der Waals surface area contributed by atoms with Crippen LogP contribution < -0.4 is 0 Å². The monoisotopic (exact) mass is 401 g/mol. The average Bonchev–Trinajstić information content (AvgIpc) is 3.08. The molecule has 27 heavy (non-hydrogen) atoms. The van der Waals surface area contributed by atoms with Crippen LogP contribution in [0.4, 0.5) is 0 Å². The van der Waals surface area contributed by atoms with E-state index in [-0.39, 0.29) is 44.2 Å². The van der Waals surface area contributed by atoms with Gasteiger partial charge in [0.25, 0.3) is 0 Å². The van der Waals surface area contributed by atoms with Crippen LogP contribution in [-0.4, -0.2) is 64.5 Å². The summed E-state index contributed by atoms with van der Waals surface area (Å²) in [6, 6.07) is 0. The van der Waals surface area contributed by atoms with Crippen molar-refractivity contribution in [2.24, 2.45) is 11.8 Å². The van der Waals surface area contributed by atoms with Crippen molar-refractivity contribution in [3.8, 4) is 0 Å². The van der Waals surface area contributed by atoms with Crippen molar-refractivity contribution >= 4 is 25.4 Å². The van der Waals surface area contributed by atoms with Crippen LogP contribution in [0.15, 0.2) is 24.3 Å². The van der Waals surface area contributed by atoms with Gasteiger partial charge in [0, 0.05) is 12.1 Å². The van der Waals surface area contributed by atoms with Gasteiger partial charge in [-0.25, -0.2) is 4.79 Å². The molecule has 2 rings (SSSR count). The summed E-state index contributed by atoms with van der Waals surface area (Å²) in [5.74, 6) is -2.40. The summed E-state index contributed by atoms with van der Waals surface area (Å²) < 4.78 is 21.4. The second kappa shape index (κ2) is 8.93. The summed E-state index contributed by atoms with van der Waals surface area (Å²) in [6.45, 7) is 5.32. The lowest BCUT2D eigenvalue weighted by molar-refractivity contribution is -0.142. The number of hydrogen-bond donors (Lipinski definition) is 2. The van der Waals surface area contributed by atoms with Gasteiger partial charge in [-0.2, -0.15) is 0 Å². The minimum Gasteiger partial charge on any atom is -0.462 e. The molecule has 2 saturated heterocycles. The Hall–Kier alpha value is -1.80. The first kappa shape index (κ1) is 21.5. The van der Waals surface area contributed by atoms with Crippen molar-refractivity contribution in [3.05, 3.63) is 24.3 Å². The fraction of sp³-hybridized carbons (Fsp3) is 0.588. The molecule has 2 amide bonds. The Morgan fingerprint density at radius 1 is 1.41 bits per heavy atom. The lowest BCUT2D eigenvalue weighted by Gasteiger charge is -2.17. The molecule has 0 aromatic heterocycles. The van der Waals surface area contributed by atoms with Crippen LogP contribution in [0, 0.1) is 11.8 Å². The molecule has 0 aromatic rings. The van der Waals surface area contributed by atoms with Gasteiger partial charge in [0.15, 0.2) is 0 Å². The summed E-state index contributed by atoms with van der Waals surface area (Å²) in [6.07, 6.45) is 2.98. The quantitative estimate of drug-likeness (QED) is 0.144. The van der Waals surface area contributed by atoms with Gasteiger partial charge in [-0.05, 0) is 19.8 Å². The van der Waals surface area contributed by atoms with E-state index in [4.69, 9.17) is 19.3 Å². The predicted molar refractivity (Wildman–Crippen MR) is 94.5 cm³/mol. The molecule has 2 heterocycles. The third kappa shape index (κ3) is 5.59. The molecule has 3 atom stereocenters. The molecule has 0 radical (unpaired) electrons. The van der Waals surface area contributed by atoms with E-state index in [1.165, 1.54) is 0 Å². The van der Waals surface area contributed by atoms with Gasteiger partial charge in [0.1, 0.15) is 0 Å². The van der Waals surface area contributed by atoms with Crippen molar-refractivity contribution in [2.75, 3.05) is 25.9 Å². The van der Waals surface area contributed by atoms with E-state index in [0.29, 0.717) is 12.0 Å². The molecule has 2 fully saturated rings. The Morgan fingerprint density at radius 2 is 2.11 bits per heavy atom. The van der Waals surface area contributed by atoms with E-state index in [2.05, 4.69) is 6.58 Å². The number of imide groups is 1. The van der Waals surface area contributed by atoms with Gasteiger partial charge >= 0.3 is 13.6 Å². The first-order valence-corrected chi connectivity index (χ1v) is 10.4. The first-order valence-electron chi connectivity index (χ1n) is 8.62. The minimum atomic E-state index is -4.16. The van der Waals surface area contributed by atoms with Gasteiger partial charge in [0.2, 0.25) is 11.8 Å². The highest BCUT2D eigenvalue weighted by Gasteiger charge is 2.54. The van der Waals surface area contributed by atoms with Crippen LogP contribution in [0.25, 0.3) is 0 Å². The standard InChI is InChI=1S/C17H24NO8P/c1-11(2)17(21)25-8-4-3-6-13-14-12(10-26-13)15(19)18(16(14)20)7-5-9-27(22,23)24/h3,6,12-14H,1,4-5,7-10H2,2H3,(H2,22,23,24)/b6-3-. The number of esters is 1. The van der Waals surface area contributed by atoms with Crippen LogP contribution in [0.2, 0.25) is 0 Å². The van der Waals surface area contributed by atoms with E-state index in [1.54, 1.807) is 19.1 Å². The molecule has 2 aliphatic rings. The molecule has 3 unspecified atom stereocenters. The summed E-state index contributed by atoms with van der Waals surface area (Å²) in [7, 11) is -4.16. The summed E-state index contributed by atoms with van der Waals surface area (Å²) in [5.41, 5.74) is 0.315. The Morgan fingerprint density at radius 3 is 2.74 bits per heavy atom. The molecule has 2 aliphatic heterocycles. The Bertz CT molecular complexity index is 697. The zero-order valence-electron chi connectivity index (χ0n) is 15.1. The van der Waals surface area contributed by atoms with E-state index in [9.17, 15) is 18.9 Å². The second-order valence-corrected chi connectivity index (χ2v) is 8.41. The van der Waals surface area contributed by atoms with Crippen molar-refractivity contribution in [2.45, 2.75) is 25.9 Å². The number of likely N-dealkylation sites (tertiary alicyclic amines) is 1. The van der Waals surface area contributed by atoms with Crippen molar-refractivity contribution in [3.63, 3.8) is 0 Å². The zero-order valence-corrected chi connectivity index (χ0v) is 16.0. The molecule has 0 aliphatic carbocycles. The number of carbonyl (C=O) groups is 3. The zero-order chi connectivity index (χ0) is 20.2. The van der Waals surface area contributed by atoms with Gasteiger partial charge < -0.3 is 19.3 Å². The van der Waals surface area contributed by atoms with Crippen LogP contribution in [0.1, 0.15) is 19.8 Å². The summed E-state index contributed by atoms with van der Waals surface area (Å²) in [5, 5.41) is 0. The molecule has 10 heteroatoms. The highest BCUT2D eigenvalue weighted by atomic mass is 31.2. The fourth-order valence-electron chi connectivity index (χ4n) is 3.08. The molecule has 150 valence electrons. The van der Waals surface area contributed by atoms with Crippen molar-refractivity contribution in [1.82, 2.24) is 4.90 Å². The maximum absolute atomic E-state index is 12.5. The normalized spacial score (nSPS) is 25.3. The molecule has 0 saturated carbocycles. The van der Waals surface area contributed by atoms with Crippen LogP contribution >= 0.6 is 7.60 Å². The number of amides is 2. The number of hydrogen-bond acceptors (Lipinski definition) is 6. The highest BCUT2D eigenvalue weighted by molar-refractivity contribution is 7.51. The number of rotatable bonds is 9. The van der Waals surface area contributed by atoms with E-state index >= 15 is 0 Å². The van der Waals surface area contributed by atoms with Gasteiger partial charge in [-0.3, -0.25) is 19.1 Å². The molecular weight excluding hydrogens is 377 g/mol. The summed E-state index contributed by atoms with van der Waals surface area (Å²) in [4.78, 5) is 55.0. The van der Waals surface area contributed by atoms with Gasteiger partial charge in [0.05, 0.1) is 37.3 Å². The Labute approximate surface area is 157 Å². The average molecular weight is 401 g/mol. The number of carbonyl (C=O) groups excluding carboxylic acids is 3. The van der Waals surface area contributed by atoms with Crippen molar-refractivity contribution in [1.29, 1.82) is 0 Å². The molecule has 2 N–H and O–H groups in total. The van der Waals surface area contributed by atoms with Crippen molar-refractivity contribution < 1.29 is 38.2 Å². The SMILES string of the molecule is C=C(C)C(=O)OCC/C=C\C1OCC2C(=O)N(CCCP(=O)(O)O)C(=O)C12. The maximum Gasteiger partial charge on any atom is 0.333 e. The molecule has 0 aromatic carbocycles. The summed E-state index contributed by atoms with van der Waals surface area (Å²) >= 11 is 0. The smallest absolute Gasteiger partial charge is 0.333 e. The number of ether oxygens (including phenoxy) is 2. The topological polar surface area (TPSA) is 130 Å². The predicted octanol–water partition coefficient (Wildman–Crippen LogP) is 0.620. The van der Waals surface area contributed by atoms with E-state index in [0.717, 1.165) is 4.90 Å². The third-order valence-corrected chi connectivity index (χ3v) is 5.31. The fourth-order valence-corrected chi connectivity index (χ4v) is 3.63. The lowest BCUT2D eigenvalue weighted by Crippen LogP contribution is -2.35. The Balaban J connectivity index is 1.86. The van der Waals surface area contributed by atoms with Crippen LogP contribution in [0.5, 0.6) is 0 Å². The lowest BCUT2D eigenvalue weighted by atomic mass is 9.93. The molecule has 0 spiro atoms. The largest absolute Gasteiger partial charge is 0.462 e.